The number of fused-ring (bicyclic) bond motifs is 1. The number of piperazine rings is 1. The lowest BCUT2D eigenvalue weighted by molar-refractivity contribution is 0.138. The largest absolute Gasteiger partial charge is 0.326 e. The van der Waals surface area contributed by atoms with E-state index in [-0.39, 0.29) is 28.9 Å². The summed E-state index contributed by atoms with van der Waals surface area (Å²) >= 11 is 0. The zero-order chi connectivity index (χ0) is 27.7. The van der Waals surface area contributed by atoms with E-state index in [0.29, 0.717) is 22.7 Å². The number of likely N-dealkylation sites (N-methyl/N-ethyl adjacent to an activating group) is 1. The summed E-state index contributed by atoms with van der Waals surface area (Å²) in [6.45, 7) is 16.2. The van der Waals surface area contributed by atoms with Crippen LogP contribution in [0.25, 0.3) is 22.3 Å². The molecule has 0 aliphatic carbocycles. The average Bonchev–Trinajstić information content (AvgIpc) is 3.27. The Morgan fingerprint density at radius 3 is 2.38 bits per heavy atom. The molecule has 0 bridgehead atoms. The van der Waals surface area contributed by atoms with Gasteiger partial charge in [-0.25, -0.2) is 28.7 Å². The van der Waals surface area contributed by atoms with Gasteiger partial charge in [-0.15, -0.1) is 0 Å². The molecule has 10 heteroatoms. The zero-order valence-electron chi connectivity index (χ0n) is 23.3. The molecular weight excluding hydrogens is 498 g/mol. The van der Waals surface area contributed by atoms with Crippen LogP contribution in [0.1, 0.15) is 43.9 Å². The minimum atomic E-state index is -0.588. The minimum absolute atomic E-state index is 0.0275. The van der Waals surface area contributed by atoms with Crippen molar-refractivity contribution in [3.8, 4) is 11.3 Å². The number of benzene rings is 1. The highest BCUT2D eigenvalue weighted by molar-refractivity contribution is 5.83. The highest BCUT2D eigenvalue weighted by Crippen LogP contribution is 2.31. The van der Waals surface area contributed by atoms with Gasteiger partial charge in [0.25, 0.3) is 0 Å². The van der Waals surface area contributed by atoms with Gasteiger partial charge in [-0.2, -0.15) is 0 Å². The van der Waals surface area contributed by atoms with E-state index in [9.17, 15) is 0 Å². The molecule has 206 valence electrons. The Morgan fingerprint density at radius 1 is 0.974 bits per heavy atom. The van der Waals surface area contributed by atoms with Crippen molar-refractivity contribution < 1.29 is 8.78 Å². The number of nitrogens with zero attached hydrogens (tertiary/aromatic N) is 7. The number of aromatic nitrogens is 5. The molecule has 39 heavy (non-hydrogen) atoms. The highest BCUT2D eigenvalue weighted by atomic mass is 19.1. The second-order valence-electron chi connectivity index (χ2n) is 10.4. The molecule has 1 N–H and O–H groups in total. The molecule has 1 aromatic carbocycles. The molecule has 1 aliphatic heterocycles. The number of hydrogen-bond donors (Lipinski definition) is 1. The van der Waals surface area contributed by atoms with Crippen molar-refractivity contribution in [1.82, 2.24) is 34.3 Å². The standard InChI is InChI=1S/C29H36F2N8/c1-6-37-11-13-38(14-12-37)10-9-21-7-8-25(32-17-21)35-29-33-19(4)26(31)27(36-29)22-15-23(30)28-24(16-22)39(18(2)3)20(5)34-28/h7-8,15-18H,6,9-14H2,1-5H3,(H,32,33,35,36). The summed E-state index contributed by atoms with van der Waals surface area (Å²) in [5, 5.41) is 3.08. The van der Waals surface area contributed by atoms with E-state index in [1.54, 1.807) is 13.0 Å². The molecule has 0 radical (unpaired) electrons. The molecule has 1 saturated heterocycles. The number of aryl methyl sites for hydroxylation is 2. The van der Waals surface area contributed by atoms with Crippen LogP contribution in [-0.4, -0.2) is 73.6 Å². The topological polar surface area (TPSA) is 75.0 Å². The first-order valence-corrected chi connectivity index (χ1v) is 13.6. The first-order valence-electron chi connectivity index (χ1n) is 13.6. The lowest BCUT2D eigenvalue weighted by atomic mass is 10.1. The fourth-order valence-electron chi connectivity index (χ4n) is 5.24. The fourth-order valence-corrected chi connectivity index (χ4v) is 5.24. The van der Waals surface area contributed by atoms with Crippen LogP contribution in [0.4, 0.5) is 20.5 Å². The van der Waals surface area contributed by atoms with E-state index in [4.69, 9.17) is 0 Å². The summed E-state index contributed by atoms with van der Waals surface area (Å²) in [7, 11) is 0. The summed E-state index contributed by atoms with van der Waals surface area (Å²) in [5.41, 5.74) is 2.54. The summed E-state index contributed by atoms with van der Waals surface area (Å²) in [4.78, 5) is 22.5. The molecule has 8 nitrogen and oxygen atoms in total. The van der Waals surface area contributed by atoms with Gasteiger partial charge in [0.15, 0.2) is 11.6 Å². The summed E-state index contributed by atoms with van der Waals surface area (Å²) in [5.74, 6) is 0.357. The maximum Gasteiger partial charge on any atom is 0.229 e. The van der Waals surface area contributed by atoms with Crippen LogP contribution in [0.3, 0.4) is 0 Å². The number of rotatable bonds is 8. The highest BCUT2D eigenvalue weighted by Gasteiger charge is 2.20. The lowest BCUT2D eigenvalue weighted by Gasteiger charge is -2.33. The third kappa shape index (κ3) is 5.77. The van der Waals surface area contributed by atoms with Crippen molar-refractivity contribution >= 4 is 22.8 Å². The molecule has 1 fully saturated rings. The van der Waals surface area contributed by atoms with Crippen molar-refractivity contribution in [3.05, 3.63) is 59.2 Å². The Kier molecular flexibility index (Phi) is 7.86. The summed E-state index contributed by atoms with van der Waals surface area (Å²) < 4.78 is 32.2. The fraction of sp³-hybridized carbons (Fsp3) is 0.448. The monoisotopic (exact) mass is 534 g/mol. The van der Waals surface area contributed by atoms with Crippen LogP contribution in [0.2, 0.25) is 0 Å². The molecule has 1 aliphatic rings. The Hall–Kier alpha value is -3.50. The van der Waals surface area contributed by atoms with E-state index in [2.05, 4.69) is 42.0 Å². The van der Waals surface area contributed by atoms with Crippen molar-refractivity contribution in [2.24, 2.45) is 0 Å². The van der Waals surface area contributed by atoms with Crippen molar-refractivity contribution in [3.63, 3.8) is 0 Å². The molecule has 5 rings (SSSR count). The van der Waals surface area contributed by atoms with Gasteiger partial charge in [0.05, 0.1) is 11.2 Å². The van der Waals surface area contributed by atoms with Crippen LogP contribution in [0.5, 0.6) is 0 Å². The number of imidazole rings is 1. The number of anilines is 2. The summed E-state index contributed by atoms with van der Waals surface area (Å²) in [6, 6.07) is 7.00. The van der Waals surface area contributed by atoms with Crippen molar-refractivity contribution in [1.29, 1.82) is 0 Å². The van der Waals surface area contributed by atoms with Gasteiger partial charge in [-0.3, -0.25) is 0 Å². The third-order valence-corrected chi connectivity index (χ3v) is 7.43. The predicted molar refractivity (Wildman–Crippen MR) is 150 cm³/mol. The first kappa shape index (κ1) is 27.1. The van der Waals surface area contributed by atoms with Gasteiger partial charge in [0.1, 0.15) is 22.9 Å². The number of halogens is 2. The quantitative estimate of drug-likeness (QED) is 0.329. The van der Waals surface area contributed by atoms with E-state index in [0.717, 1.165) is 51.3 Å². The molecule has 0 saturated carbocycles. The Balaban J connectivity index is 1.34. The van der Waals surface area contributed by atoms with Crippen molar-refractivity contribution in [2.45, 2.75) is 47.1 Å². The first-order chi connectivity index (χ1) is 18.7. The molecular formula is C29H36F2N8. The van der Waals surface area contributed by atoms with Crippen LogP contribution in [0, 0.1) is 25.5 Å². The zero-order valence-corrected chi connectivity index (χ0v) is 23.3. The molecule has 0 amide bonds. The van der Waals surface area contributed by atoms with Gasteiger partial charge in [-0.05, 0) is 64.4 Å². The number of hydrogen-bond acceptors (Lipinski definition) is 7. The van der Waals surface area contributed by atoms with Gasteiger partial charge >= 0.3 is 0 Å². The van der Waals surface area contributed by atoms with Crippen LogP contribution in [-0.2, 0) is 6.42 Å². The number of nitrogens with one attached hydrogen (secondary N) is 1. The molecule has 0 atom stereocenters. The van der Waals surface area contributed by atoms with Crippen LogP contribution >= 0.6 is 0 Å². The van der Waals surface area contributed by atoms with Crippen LogP contribution < -0.4 is 5.32 Å². The number of pyridine rings is 1. The smallest absolute Gasteiger partial charge is 0.229 e. The van der Waals surface area contributed by atoms with E-state index >= 15 is 8.78 Å². The molecule has 0 spiro atoms. The van der Waals surface area contributed by atoms with Gasteiger partial charge in [-0.1, -0.05) is 13.0 Å². The minimum Gasteiger partial charge on any atom is -0.326 e. The van der Waals surface area contributed by atoms with E-state index < -0.39 is 11.6 Å². The van der Waals surface area contributed by atoms with Crippen LogP contribution in [0.15, 0.2) is 30.5 Å². The predicted octanol–water partition coefficient (Wildman–Crippen LogP) is 5.29. The molecule has 3 aromatic heterocycles. The van der Waals surface area contributed by atoms with Gasteiger partial charge in [0, 0.05) is 50.5 Å². The average molecular weight is 535 g/mol. The second kappa shape index (κ2) is 11.3. The second-order valence-corrected chi connectivity index (χ2v) is 10.4. The van der Waals surface area contributed by atoms with E-state index in [1.165, 1.54) is 6.07 Å². The Labute approximate surface area is 228 Å². The summed E-state index contributed by atoms with van der Waals surface area (Å²) in [6.07, 6.45) is 2.77. The molecule has 4 heterocycles. The Morgan fingerprint density at radius 2 is 1.72 bits per heavy atom. The third-order valence-electron chi connectivity index (χ3n) is 7.43. The normalized spacial score (nSPS) is 15.0. The SMILES string of the molecule is CCN1CCN(CCc2ccc(Nc3nc(C)c(F)c(-c4cc(F)c5nc(C)n(C(C)C)c5c4)n3)nc2)CC1. The maximum absolute atomic E-state index is 15.2. The van der Waals surface area contributed by atoms with E-state index in [1.807, 2.05) is 43.7 Å². The van der Waals surface area contributed by atoms with Crippen molar-refractivity contribution in [2.75, 3.05) is 44.6 Å². The Bertz CT molecular complexity index is 1460. The maximum atomic E-state index is 15.2. The van der Waals surface area contributed by atoms with Gasteiger partial charge in [0.2, 0.25) is 5.95 Å². The lowest BCUT2D eigenvalue weighted by Crippen LogP contribution is -2.46. The van der Waals surface area contributed by atoms with Gasteiger partial charge < -0.3 is 19.7 Å². The molecule has 0 unspecified atom stereocenters. The molecule has 4 aromatic rings.